The number of hydrogen-bond donors (Lipinski definition) is 2. The van der Waals surface area contributed by atoms with E-state index in [0.29, 0.717) is 18.6 Å². The molecule has 2 saturated heterocycles. The summed E-state index contributed by atoms with van der Waals surface area (Å²) in [4.78, 5) is 14.8. The van der Waals surface area contributed by atoms with Gasteiger partial charge in [0.05, 0.1) is 18.4 Å². The van der Waals surface area contributed by atoms with Crippen LogP contribution >= 0.6 is 0 Å². The van der Waals surface area contributed by atoms with E-state index in [4.69, 9.17) is 4.74 Å². The minimum absolute atomic E-state index is 0.154. The second-order valence-corrected chi connectivity index (χ2v) is 7.59. The van der Waals surface area contributed by atoms with Crippen molar-refractivity contribution in [3.63, 3.8) is 0 Å². The van der Waals surface area contributed by atoms with Crippen LogP contribution in [-0.4, -0.2) is 58.9 Å². The number of hydrogen-bond acceptors (Lipinski definition) is 4. The van der Waals surface area contributed by atoms with Crippen LogP contribution in [0.5, 0.6) is 0 Å². The molecule has 1 amide bonds. The Labute approximate surface area is 143 Å². The molecule has 132 valence electrons. The quantitative estimate of drug-likeness (QED) is 0.869. The Hall–Kier alpha value is -1.40. The molecule has 1 aliphatic carbocycles. The number of ether oxygens (including phenoxy) is 1. The molecule has 0 radical (unpaired) electrons. The van der Waals surface area contributed by atoms with E-state index in [-0.39, 0.29) is 11.9 Å². The van der Waals surface area contributed by atoms with Crippen molar-refractivity contribution in [1.29, 1.82) is 0 Å². The summed E-state index contributed by atoms with van der Waals surface area (Å²) in [5, 5.41) is 10.8. The third-order valence-corrected chi connectivity index (χ3v) is 5.69. The zero-order chi connectivity index (χ0) is 16.5. The van der Waals surface area contributed by atoms with Crippen LogP contribution in [0.4, 0.5) is 0 Å². The standard InChI is InChI=1S/C18H28N4O2/c1-12-9-22-10-13(8-14(22)11-24-12)19-18(23)7-6-17-15-4-2-3-5-16(15)20-21-17/h12-14H,2-11H2,1H3,(H,19,23)(H,20,21)/t12-,13-,14-/m0/s1. The fourth-order valence-corrected chi connectivity index (χ4v) is 4.43. The van der Waals surface area contributed by atoms with Gasteiger partial charge in [-0.3, -0.25) is 14.8 Å². The number of aromatic nitrogens is 2. The molecule has 2 fully saturated rings. The third-order valence-electron chi connectivity index (χ3n) is 5.69. The average molecular weight is 332 g/mol. The number of carbonyl (C=O) groups excluding carboxylic acids is 1. The summed E-state index contributed by atoms with van der Waals surface area (Å²) in [5.41, 5.74) is 3.77. The van der Waals surface area contributed by atoms with Gasteiger partial charge in [-0.05, 0) is 44.6 Å². The number of aromatic amines is 1. The number of amides is 1. The van der Waals surface area contributed by atoms with Crippen molar-refractivity contribution in [3.8, 4) is 0 Å². The first-order valence-electron chi connectivity index (χ1n) is 9.39. The van der Waals surface area contributed by atoms with Crippen molar-refractivity contribution in [3.05, 3.63) is 17.0 Å². The first-order chi connectivity index (χ1) is 11.7. The Morgan fingerprint density at radius 1 is 1.38 bits per heavy atom. The molecule has 2 N–H and O–H groups in total. The van der Waals surface area contributed by atoms with Crippen molar-refractivity contribution in [1.82, 2.24) is 20.4 Å². The van der Waals surface area contributed by atoms with Gasteiger partial charge in [0.25, 0.3) is 0 Å². The fourth-order valence-electron chi connectivity index (χ4n) is 4.43. The number of morpholine rings is 1. The van der Waals surface area contributed by atoms with Gasteiger partial charge in [-0.1, -0.05) is 0 Å². The first-order valence-corrected chi connectivity index (χ1v) is 9.39. The van der Waals surface area contributed by atoms with Crippen molar-refractivity contribution in [2.75, 3.05) is 19.7 Å². The van der Waals surface area contributed by atoms with Crippen molar-refractivity contribution in [2.24, 2.45) is 0 Å². The van der Waals surface area contributed by atoms with E-state index in [2.05, 4.69) is 27.3 Å². The molecule has 0 aromatic carbocycles. The van der Waals surface area contributed by atoms with E-state index < -0.39 is 0 Å². The molecule has 4 rings (SSSR count). The minimum Gasteiger partial charge on any atom is -0.376 e. The molecule has 3 atom stereocenters. The Bertz CT molecular complexity index is 600. The van der Waals surface area contributed by atoms with Gasteiger partial charge < -0.3 is 10.1 Å². The van der Waals surface area contributed by atoms with E-state index in [1.54, 1.807) is 0 Å². The lowest BCUT2D eigenvalue weighted by Crippen LogP contribution is -2.45. The molecular formula is C18H28N4O2. The van der Waals surface area contributed by atoms with Crippen LogP contribution in [0.2, 0.25) is 0 Å². The number of fused-ring (bicyclic) bond motifs is 2. The summed E-state index contributed by atoms with van der Waals surface area (Å²) in [7, 11) is 0. The number of rotatable bonds is 4. The molecule has 24 heavy (non-hydrogen) atoms. The van der Waals surface area contributed by atoms with E-state index in [0.717, 1.165) is 51.1 Å². The molecule has 0 saturated carbocycles. The highest BCUT2D eigenvalue weighted by atomic mass is 16.5. The number of nitrogens with zero attached hydrogens (tertiary/aromatic N) is 2. The molecule has 0 spiro atoms. The van der Waals surface area contributed by atoms with Crippen LogP contribution in [0, 0.1) is 0 Å². The monoisotopic (exact) mass is 332 g/mol. The molecule has 1 aromatic heterocycles. The largest absolute Gasteiger partial charge is 0.376 e. The maximum absolute atomic E-state index is 12.3. The number of aryl methyl sites for hydroxylation is 2. The zero-order valence-corrected chi connectivity index (χ0v) is 14.5. The van der Waals surface area contributed by atoms with Crippen molar-refractivity contribution >= 4 is 5.91 Å². The van der Waals surface area contributed by atoms with Gasteiger partial charge in [0.15, 0.2) is 0 Å². The highest BCUT2D eigenvalue weighted by molar-refractivity contribution is 5.76. The number of nitrogens with one attached hydrogen (secondary N) is 2. The highest BCUT2D eigenvalue weighted by Crippen LogP contribution is 2.24. The molecular weight excluding hydrogens is 304 g/mol. The lowest BCUT2D eigenvalue weighted by atomic mass is 9.94. The lowest BCUT2D eigenvalue weighted by molar-refractivity contribution is -0.121. The summed E-state index contributed by atoms with van der Waals surface area (Å²) in [5.74, 6) is 0.154. The van der Waals surface area contributed by atoms with E-state index in [9.17, 15) is 4.79 Å². The summed E-state index contributed by atoms with van der Waals surface area (Å²) in [6, 6.07) is 0.745. The van der Waals surface area contributed by atoms with Crippen LogP contribution in [0.15, 0.2) is 0 Å². The van der Waals surface area contributed by atoms with E-state index in [1.807, 2.05) is 0 Å². The SMILES string of the molecule is C[C@H]1CN2C[C@@H](NC(=O)CCc3n[nH]c4c3CCCC4)C[C@H]2CO1. The van der Waals surface area contributed by atoms with Gasteiger partial charge in [-0.25, -0.2) is 0 Å². The van der Waals surface area contributed by atoms with Gasteiger partial charge in [0, 0.05) is 43.7 Å². The second kappa shape index (κ2) is 6.84. The highest BCUT2D eigenvalue weighted by Gasteiger charge is 2.36. The predicted molar refractivity (Wildman–Crippen MR) is 90.9 cm³/mol. The van der Waals surface area contributed by atoms with E-state index in [1.165, 1.54) is 24.1 Å². The maximum Gasteiger partial charge on any atom is 0.220 e. The molecule has 0 bridgehead atoms. The maximum atomic E-state index is 12.3. The fraction of sp³-hybridized carbons (Fsp3) is 0.778. The Balaban J connectivity index is 1.26. The normalized spacial score (nSPS) is 30.0. The van der Waals surface area contributed by atoms with Crippen LogP contribution in [-0.2, 0) is 28.8 Å². The predicted octanol–water partition coefficient (Wildman–Crippen LogP) is 1.20. The Morgan fingerprint density at radius 2 is 2.25 bits per heavy atom. The van der Waals surface area contributed by atoms with Crippen LogP contribution < -0.4 is 5.32 Å². The van der Waals surface area contributed by atoms with Crippen LogP contribution in [0.3, 0.4) is 0 Å². The zero-order valence-electron chi connectivity index (χ0n) is 14.5. The topological polar surface area (TPSA) is 70.2 Å². The van der Waals surface area contributed by atoms with Crippen molar-refractivity contribution in [2.45, 2.75) is 70.1 Å². The third kappa shape index (κ3) is 3.35. The van der Waals surface area contributed by atoms with Gasteiger partial charge in [-0.2, -0.15) is 5.10 Å². The van der Waals surface area contributed by atoms with Gasteiger partial charge >= 0.3 is 0 Å². The summed E-state index contributed by atoms with van der Waals surface area (Å²) < 4.78 is 5.73. The average Bonchev–Trinajstić information content (AvgIpc) is 3.16. The van der Waals surface area contributed by atoms with Gasteiger partial charge in [-0.15, -0.1) is 0 Å². The molecule has 1 aromatic rings. The minimum atomic E-state index is 0.154. The lowest BCUT2D eigenvalue weighted by Gasteiger charge is -2.33. The Kier molecular flexibility index (Phi) is 4.59. The van der Waals surface area contributed by atoms with E-state index >= 15 is 0 Å². The van der Waals surface area contributed by atoms with Crippen molar-refractivity contribution < 1.29 is 9.53 Å². The summed E-state index contributed by atoms with van der Waals surface area (Å²) >= 11 is 0. The van der Waals surface area contributed by atoms with Crippen LogP contribution in [0.25, 0.3) is 0 Å². The molecule has 6 heteroatoms. The number of carbonyl (C=O) groups is 1. The summed E-state index contributed by atoms with van der Waals surface area (Å²) in [6.07, 6.45) is 7.30. The smallest absolute Gasteiger partial charge is 0.220 e. The van der Waals surface area contributed by atoms with Crippen LogP contribution in [0.1, 0.15) is 49.6 Å². The molecule has 6 nitrogen and oxygen atoms in total. The summed E-state index contributed by atoms with van der Waals surface area (Å²) in [6.45, 7) is 4.86. The number of H-pyrrole nitrogens is 1. The molecule has 0 unspecified atom stereocenters. The molecule has 3 aliphatic rings. The Morgan fingerprint density at radius 3 is 3.17 bits per heavy atom. The second-order valence-electron chi connectivity index (χ2n) is 7.59. The molecule has 3 heterocycles. The molecule has 2 aliphatic heterocycles. The first kappa shape index (κ1) is 16.1. The van der Waals surface area contributed by atoms with Gasteiger partial charge in [0.2, 0.25) is 5.91 Å². The van der Waals surface area contributed by atoms with Gasteiger partial charge in [0.1, 0.15) is 0 Å².